The molecule has 3 N–H and O–H groups in total. The molecular formula is C15H24N4O. The third-order valence-corrected chi connectivity index (χ3v) is 3.81. The van der Waals surface area contributed by atoms with Gasteiger partial charge in [0.05, 0.1) is 5.56 Å². The predicted molar refractivity (Wildman–Crippen MR) is 80.7 cm³/mol. The van der Waals surface area contributed by atoms with Gasteiger partial charge in [-0.05, 0) is 37.3 Å². The van der Waals surface area contributed by atoms with Crippen LogP contribution >= 0.6 is 0 Å². The number of carbonyl (C=O) groups is 1. The smallest absolute Gasteiger partial charge is 0.254 e. The molecule has 0 saturated heterocycles. The van der Waals surface area contributed by atoms with E-state index in [0.717, 1.165) is 25.2 Å². The molecule has 0 radical (unpaired) electrons. The Labute approximate surface area is 120 Å². The normalized spacial score (nSPS) is 22.4. The van der Waals surface area contributed by atoms with Gasteiger partial charge in [-0.1, -0.05) is 6.42 Å². The Morgan fingerprint density at radius 2 is 2.25 bits per heavy atom. The molecule has 5 heteroatoms. The molecular weight excluding hydrogens is 252 g/mol. The van der Waals surface area contributed by atoms with E-state index in [1.165, 1.54) is 12.8 Å². The van der Waals surface area contributed by atoms with Crippen molar-refractivity contribution in [3.8, 4) is 0 Å². The Morgan fingerprint density at radius 3 is 2.85 bits per heavy atom. The molecule has 1 aliphatic carbocycles. The van der Waals surface area contributed by atoms with Gasteiger partial charge in [0.2, 0.25) is 0 Å². The van der Waals surface area contributed by atoms with E-state index in [-0.39, 0.29) is 5.91 Å². The quantitative estimate of drug-likeness (QED) is 0.878. The molecule has 0 bridgehead atoms. The molecule has 0 spiro atoms. The van der Waals surface area contributed by atoms with Gasteiger partial charge in [0.1, 0.15) is 5.82 Å². The zero-order valence-electron chi connectivity index (χ0n) is 12.3. The van der Waals surface area contributed by atoms with Crippen molar-refractivity contribution < 1.29 is 4.79 Å². The van der Waals surface area contributed by atoms with Crippen LogP contribution in [0.15, 0.2) is 18.3 Å². The number of nitrogens with one attached hydrogen (secondary N) is 1. The first-order valence-electron chi connectivity index (χ1n) is 7.23. The maximum absolute atomic E-state index is 11.7. The maximum atomic E-state index is 11.7. The fourth-order valence-corrected chi connectivity index (χ4v) is 2.65. The molecule has 1 aromatic rings. The van der Waals surface area contributed by atoms with E-state index >= 15 is 0 Å². The molecule has 110 valence electrons. The molecule has 1 aliphatic rings. The second-order valence-corrected chi connectivity index (χ2v) is 5.81. The first-order valence-corrected chi connectivity index (χ1v) is 7.23. The van der Waals surface area contributed by atoms with E-state index in [1.54, 1.807) is 25.2 Å². The molecule has 2 rings (SSSR count). The molecule has 1 aromatic heterocycles. The molecule has 0 aliphatic heterocycles. The fourth-order valence-electron chi connectivity index (χ4n) is 2.65. The van der Waals surface area contributed by atoms with E-state index in [2.05, 4.69) is 10.3 Å². The number of carbonyl (C=O) groups excluding carboxylic acids is 1. The predicted octanol–water partition coefficient (Wildman–Crippen LogP) is 1.71. The number of pyridine rings is 1. The summed E-state index contributed by atoms with van der Waals surface area (Å²) in [5.41, 5.74) is 6.60. The van der Waals surface area contributed by atoms with Gasteiger partial charge in [-0.3, -0.25) is 4.79 Å². The molecule has 20 heavy (non-hydrogen) atoms. The molecule has 1 amide bonds. The molecule has 1 saturated carbocycles. The van der Waals surface area contributed by atoms with Crippen LogP contribution in [0.3, 0.4) is 0 Å². The zero-order valence-corrected chi connectivity index (χ0v) is 12.3. The summed E-state index contributed by atoms with van der Waals surface area (Å²) in [6.45, 7) is 0.904. The number of anilines is 1. The van der Waals surface area contributed by atoms with Crippen LogP contribution < -0.4 is 11.1 Å². The number of nitrogens with two attached hydrogens (primary N) is 1. The summed E-state index contributed by atoms with van der Waals surface area (Å²) in [6, 6.07) is 4.02. The average Bonchev–Trinajstić information content (AvgIpc) is 2.45. The highest BCUT2D eigenvalue weighted by Gasteiger charge is 2.18. The molecule has 0 aromatic carbocycles. The summed E-state index contributed by atoms with van der Waals surface area (Å²) in [6.07, 6.45) is 6.31. The van der Waals surface area contributed by atoms with Crippen molar-refractivity contribution in [3.05, 3.63) is 23.9 Å². The Hall–Kier alpha value is -1.62. The Kier molecular flexibility index (Phi) is 4.95. The van der Waals surface area contributed by atoms with Crippen molar-refractivity contribution in [1.29, 1.82) is 0 Å². The number of amides is 1. The number of rotatable bonds is 4. The van der Waals surface area contributed by atoms with Crippen molar-refractivity contribution in [2.45, 2.75) is 31.7 Å². The Morgan fingerprint density at radius 1 is 1.45 bits per heavy atom. The summed E-state index contributed by atoms with van der Waals surface area (Å²) in [4.78, 5) is 17.6. The van der Waals surface area contributed by atoms with Crippen molar-refractivity contribution >= 4 is 11.7 Å². The van der Waals surface area contributed by atoms with Crippen molar-refractivity contribution in [1.82, 2.24) is 9.88 Å². The van der Waals surface area contributed by atoms with E-state index in [9.17, 15) is 4.79 Å². The molecule has 1 heterocycles. The van der Waals surface area contributed by atoms with Gasteiger partial charge >= 0.3 is 0 Å². The summed E-state index contributed by atoms with van der Waals surface area (Å²) in [7, 11) is 3.47. The van der Waals surface area contributed by atoms with E-state index in [4.69, 9.17) is 5.73 Å². The lowest BCUT2D eigenvalue weighted by atomic mass is 9.86. The lowest BCUT2D eigenvalue weighted by Gasteiger charge is -2.26. The Balaban J connectivity index is 1.86. The summed E-state index contributed by atoms with van der Waals surface area (Å²) in [5.74, 6) is 1.42. The maximum Gasteiger partial charge on any atom is 0.254 e. The highest BCUT2D eigenvalue weighted by molar-refractivity contribution is 5.93. The summed E-state index contributed by atoms with van der Waals surface area (Å²) in [5, 5.41) is 3.34. The average molecular weight is 276 g/mol. The molecule has 5 nitrogen and oxygen atoms in total. The lowest BCUT2D eigenvalue weighted by Crippen LogP contribution is -2.31. The number of nitrogens with zero attached hydrogens (tertiary/aromatic N) is 2. The van der Waals surface area contributed by atoms with E-state index in [1.807, 2.05) is 12.1 Å². The standard InChI is InChI=1S/C15H24N4O/c1-19(2)15(20)12-6-7-14(18-10-12)17-9-11-4-3-5-13(16)8-11/h6-7,10-11,13H,3-5,8-9,16H2,1-2H3,(H,17,18). The number of aromatic nitrogens is 1. The molecule has 1 fully saturated rings. The number of hydrogen-bond acceptors (Lipinski definition) is 4. The Bertz CT molecular complexity index is 444. The van der Waals surface area contributed by atoms with Gasteiger partial charge < -0.3 is 16.0 Å². The van der Waals surface area contributed by atoms with Crippen LogP contribution in [0.4, 0.5) is 5.82 Å². The largest absolute Gasteiger partial charge is 0.370 e. The summed E-state index contributed by atoms with van der Waals surface area (Å²) >= 11 is 0. The summed E-state index contributed by atoms with van der Waals surface area (Å²) < 4.78 is 0. The molecule has 2 atom stereocenters. The SMILES string of the molecule is CN(C)C(=O)c1ccc(NCC2CCCC(N)C2)nc1. The van der Waals surface area contributed by atoms with Crippen LogP contribution in [-0.4, -0.2) is 42.5 Å². The minimum absolute atomic E-state index is 0.0256. The number of hydrogen-bond donors (Lipinski definition) is 2. The van der Waals surface area contributed by atoms with Gasteiger partial charge in [-0.15, -0.1) is 0 Å². The van der Waals surface area contributed by atoms with Gasteiger partial charge in [0.15, 0.2) is 0 Å². The van der Waals surface area contributed by atoms with Crippen LogP contribution in [0.2, 0.25) is 0 Å². The highest BCUT2D eigenvalue weighted by Crippen LogP contribution is 2.23. The fraction of sp³-hybridized carbons (Fsp3) is 0.600. The van der Waals surface area contributed by atoms with Crippen LogP contribution in [0.5, 0.6) is 0 Å². The van der Waals surface area contributed by atoms with Crippen LogP contribution in [0.1, 0.15) is 36.0 Å². The van der Waals surface area contributed by atoms with Crippen LogP contribution in [-0.2, 0) is 0 Å². The van der Waals surface area contributed by atoms with Gasteiger partial charge in [0, 0.05) is 32.9 Å². The van der Waals surface area contributed by atoms with Crippen LogP contribution in [0.25, 0.3) is 0 Å². The first-order chi connectivity index (χ1) is 9.56. The van der Waals surface area contributed by atoms with E-state index in [0.29, 0.717) is 17.5 Å². The van der Waals surface area contributed by atoms with E-state index < -0.39 is 0 Å². The second-order valence-electron chi connectivity index (χ2n) is 5.81. The van der Waals surface area contributed by atoms with Crippen molar-refractivity contribution in [3.63, 3.8) is 0 Å². The van der Waals surface area contributed by atoms with Gasteiger partial charge in [-0.2, -0.15) is 0 Å². The lowest BCUT2D eigenvalue weighted by molar-refractivity contribution is 0.0827. The second kappa shape index (κ2) is 6.70. The highest BCUT2D eigenvalue weighted by atomic mass is 16.2. The monoisotopic (exact) mass is 276 g/mol. The van der Waals surface area contributed by atoms with Gasteiger partial charge in [-0.25, -0.2) is 4.98 Å². The topological polar surface area (TPSA) is 71.2 Å². The zero-order chi connectivity index (χ0) is 14.5. The van der Waals surface area contributed by atoms with Crippen LogP contribution in [0, 0.1) is 5.92 Å². The first kappa shape index (κ1) is 14.8. The minimum Gasteiger partial charge on any atom is -0.370 e. The van der Waals surface area contributed by atoms with Crippen molar-refractivity contribution in [2.24, 2.45) is 11.7 Å². The third kappa shape index (κ3) is 3.93. The van der Waals surface area contributed by atoms with Crippen molar-refractivity contribution in [2.75, 3.05) is 26.0 Å². The third-order valence-electron chi connectivity index (χ3n) is 3.81. The molecule has 2 unspecified atom stereocenters. The minimum atomic E-state index is -0.0256. The van der Waals surface area contributed by atoms with Gasteiger partial charge in [0.25, 0.3) is 5.91 Å².